The van der Waals surface area contributed by atoms with Crippen molar-refractivity contribution in [3.63, 3.8) is 0 Å². The van der Waals surface area contributed by atoms with E-state index in [0.29, 0.717) is 17.7 Å². The second kappa shape index (κ2) is 9.89. The summed E-state index contributed by atoms with van der Waals surface area (Å²) in [5.41, 5.74) is -4.86. The molecular weight excluding hydrogens is 511 g/mol. The van der Waals surface area contributed by atoms with E-state index >= 15 is 0 Å². The maximum atomic E-state index is 14.6. The van der Waals surface area contributed by atoms with Gasteiger partial charge in [-0.05, 0) is 56.2 Å². The van der Waals surface area contributed by atoms with E-state index in [2.05, 4.69) is 14.7 Å². The van der Waals surface area contributed by atoms with Gasteiger partial charge in [-0.2, -0.15) is 26.3 Å². The molecule has 0 aliphatic heterocycles. The van der Waals surface area contributed by atoms with E-state index in [4.69, 9.17) is 0 Å². The fourth-order valence-corrected chi connectivity index (χ4v) is 4.29. The number of nitrogens with one attached hydrogen (secondary N) is 1. The molecule has 0 fully saturated rings. The minimum absolute atomic E-state index is 0.268. The molecule has 3 rings (SSSR count). The molecule has 0 unspecified atom stereocenters. The van der Waals surface area contributed by atoms with Crippen LogP contribution in [0.4, 0.5) is 30.7 Å². The molecule has 194 valence electrons. The van der Waals surface area contributed by atoms with Gasteiger partial charge in [0.05, 0.1) is 21.3 Å². The molecule has 0 amide bonds. The number of aromatic nitrogens is 2. The van der Waals surface area contributed by atoms with Gasteiger partial charge in [0.2, 0.25) is 0 Å². The fraction of sp³-hybridized carbons (Fsp3) is 0.333. The van der Waals surface area contributed by atoms with Crippen molar-refractivity contribution in [1.82, 2.24) is 14.7 Å². The van der Waals surface area contributed by atoms with E-state index in [1.807, 2.05) is 0 Å². The second-order valence-electron chi connectivity index (χ2n) is 9.04. The summed E-state index contributed by atoms with van der Waals surface area (Å²) in [6, 6.07) is 10.3. The highest BCUT2D eigenvalue weighted by Crippen LogP contribution is 2.39. The molecule has 1 aromatic heterocycles. The Kier molecular flexibility index (Phi) is 7.62. The number of halogens is 7. The lowest BCUT2D eigenvalue weighted by Crippen LogP contribution is -2.51. The average Bonchev–Trinajstić information content (AvgIpc) is 2.77. The Morgan fingerprint density at radius 1 is 0.861 bits per heavy atom. The van der Waals surface area contributed by atoms with Gasteiger partial charge in [-0.3, -0.25) is 0 Å². The van der Waals surface area contributed by atoms with E-state index in [9.17, 15) is 34.9 Å². The molecule has 1 N–H and O–H groups in total. The molecule has 12 heteroatoms. The van der Waals surface area contributed by atoms with Crippen LogP contribution < -0.4 is 4.72 Å². The van der Waals surface area contributed by atoms with Crippen molar-refractivity contribution in [2.24, 2.45) is 0 Å². The largest absolute Gasteiger partial charge is 0.433 e. The quantitative estimate of drug-likeness (QED) is 0.385. The number of hydrogen-bond acceptors (Lipinski definition) is 3. The SMILES string of the molecule is CC(C)(C)[S@@](=O)N[C@@](Cc1ccccc1)(c1cc(F)cc(C(F)(F)F)c1)c1nccc(C(F)(F)F)n1. The Hall–Kier alpha value is -2.86. The zero-order chi connectivity index (χ0) is 26.9. The minimum Gasteiger partial charge on any atom is -0.242 e. The highest BCUT2D eigenvalue weighted by atomic mass is 32.2. The number of alkyl halides is 6. The molecule has 3 aromatic rings. The molecular formula is C24H22F7N3OS. The zero-order valence-electron chi connectivity index (χ0n) is 19.3. The van der Waals surface area contributed by atoms with Gasteiger partial charge in [0.15, 0.2) is 5.82 Å². The zero-order valence-corrected chi connectivity index (χ0v) is 20.2. The van der Waals surface area contributed by atoms with Crippen molar-refractivity contribution >= 4 is 11.0 Å². The maximum Gasteiger partial charge on any atom is 0.433 e. The highest BCUT2D eigenvalue weighted by molar-refractivity contribution is 7.84. The van der Waals surface area contributed by atoms with Crippen LogP contribution in [0, 0.1) is 5.82 Å². The normalized spacial score (nSPS) is 15.4. The van der Waals surface area contributed by atoms with Crippen LogP contribution in [-0.2, 0) is 35.3 Å². The van der Waals surface area contributed by atoms with Gasteiger partial charge in [0, 0.05) is 12.6 Å². The summed E-state index contributed by atoms with van der Waals surface area (Å²) in [6.07, 6.45) is -9.40. The molecule has 1 heterocycles. The summed E-state index contributed by atoms with van der Waals surface area (Å²) in [7, 11) is -2.06. The van der Waals surface area contributed by atoms with Crippen LogP contribution in [0.5, 0.6) is 0 Å². The fourth-order valence-electron chi connectivity index (χ4n) is 3.39. The predicted molar refractivity (Wildman–Crippen MR) is 120 cm³/mol. The Morgan fingerprint density at radius 2 is 1.47 bits per heavy atom. The van der Waals surface area contributed by atoms with E-state index < -0.39 is 62.1 Å². The summed E-state index contributed by atoms with van der Waals surface area (Å²) in [5, 5.41) is 0. The van der Waals surface area contributed by atoms with Gasteiger partial charge >= 0.3 is 12.4 Å². The molecule has 0 aliphatic carbocycles. The monoisotopic (exact) mass is 533 g/mol. The van der Waals surface area contributed by atoms with Crippen molar-refractivity contribution in [2.75, 3.05) is 0 Å². The number of rotatable bonds is 6. The molecule has 2 aromatic carbocycles. The van der Waals surface area contributed by atoms with Crippen LogP contribution in [0.1, 0.15) is 49.0 Å². The van der Waals surface area contributed by atoms with Crippen molar-refractivity contribution in [1.29, 1.82) is 0 Å². The van der Waals surface area contributed by atoms with Crippen molar-refractivity contribution in [2.45, 2.75) is 49.8 Å². The van der Waals surface area contributed by atoms with E-state index in [-0.39, 0.29) is 12.5 Å². The Balaban J connectivity index is 2.41. The molecule has 36 heavy (non-hydrogen) atoms. The molecule has 2 atom stereocenters. The first-order valence-corrected chi connectivity index (χ1v) is 11.7. The van der Waals surface area contributed by atoms with Gasteiger partial charge in [-0.1, -0.05) is 30.3 Å². The van der Waals surface area contributed by atoms with E-state index in [1.54, 1.807) is 51.1 Å². The molecule has 0 spiro atoms. The molecule has 0 saturated heterocycles. The van der Waals surface area contributed by atoms with Crippen molar-refractivity contribution in [3.05, 3.63) is 94.8 Å². The Morgan fingerprint density at radius 3 is 2.03 bits per heavy atom. The highest BCUT2D eigenvalue weighted by Gasteiger charge is 2.44. The molecule has 0 bridgehead atoms. The molecule has 0 aliphatic rings. The van der Waals surface area contributed by atoms with Crippen molar-refractivity contribution in [3.8, 4) is 0 Å². The average molecular weight is 534 g/mol. The third kappa shape index (κ3) is 6.28. The van der Waals surface area contributed by atoms with Crippen molar-refractivity contribution < 1.29 is 34.9 Å². The second-order valence-corrected chi connectivity index (χ2v) is 11.0. The summed E-state index contributed by atoms with van der Waals surface area (Å²) in [5.74, 6) is -1.90. The van der Waals surface area contributed by atoms with Crippen LogP contribution >= 0.6 is 0 Å². The third-order valence-electron chi connectivity index (χ3n) is 5.18. The van der Waals surface area contributed by atoms with Crippen LogP contribution in [0.3, 0.4) is 0 Å². The summed E-state index contributed by atoms with van der Waals surface area (Å²) >= 11 is 0. The predicted octanol–water partition coefficient (Wildman–Crippen LogP) is 6.19. The summed E-state index contributed by atoms with van der Waals surface area (Å²) in [4.78, 5) is 7.55. The van der Waals surface area contributed by atoms with Crippen LogP contribution in [0.15, 0.2) is 60.8 Å². The first kappa shape index (κ1) is 27.7. The topological polar surface area (TPSA) is 54.9 Å². The smallest absolute Gasteiger partial charge is 0.242 e. The first-order chi connectivity index (χ1) is 16.5. The van der Waals surface area contributed by atoms with Gasteiger partial charge in [-0.25, -0.2) is 23.3 Å². The number of nitrogens with zero attached hydrogens (tertiary/aromatic N) is 2. The maximum absolute atomic E-state index is 14.6. The lowest BCUT2D eigenvalue weighted by atomic mass is 9.82. The first-order valence-electron chi connectivity index (χ1n) is 10.5. The van der Waals surface area contributed by atoms with Crippen LogP contribution in [-0.4, -0.2) is 18.9 Å². The number of hydrogen-bond donors (Lipinski definition) is 1. The minimum atomic E-state index is -4.97. The van der Waals surface area contributed by atoms with E-state index in [0.717, 1.165) is 12.3 Å². The lowest BCUT2D eigenvalue weighted by Gasteiger charge is -2.36. The lowest BCUT2D eigenvalue weighted by molar-refractivity contribution is -0.141. The van der Waals surface area contributed by atoms with Gasteiger partial charge in [-0.15, -0.1) is 0 Å². The van der Waals surface area contributed by atoms with Gasteiger partial charge in [0.1, 0.15) is 17.1 Å². The number of benzene rings is 2. The summed E-state index contributed by atoms with van der Waals surface area (Å²) in [6.45, 7) is 4.68. The van der Waals surface area contributed by atoms with Gasteiger partial charge < -0.3 is 0 Å². The third-order valence-corrected chi connectivity index (χ3v) is 6.83. The molecule has 4 nitrogen and oxygen atoms in total. The Labute approximate surface area is 205 Å². The molecule has 0 saturated carbocycles. The van der Waals surface area contributed by atoms with Crippen LogP contribution in [0.2, 0.25) is 0 Å². The Bertz CT molecular complexity index is 1240. The summed E-state index contributed by atoms with van der Waals surface area (Å²) < 4.78 is 111. The molecule has 0 radical (unpaired) electrons. The standard InChI is InChI=1S/C24H22F7N3OS/c1-21(2,3)36(35)34-22(14-15-7-5-4-6-8-15,20-32-10-9-19(33-20)24(29,30)31)16-11-17(23(26,27)28)13-18(25)12-16/h4-13,34H,14H2,1-3H3/t22-,36+/m0/s1. The van der Waals surface area contributed by atoms with E-state index in [1.165, 1.54) is 0 Å². The van der Waals surface area contributed by atoms with Crippen LogP contribution in [0.25, 0.3) is 0 Å². The van der Waals surface area contributed by atoms with Gasteiger partial charge in [0.25, 0.3) is 0 Å².